The van der Waals surface area contributed by atoms with Crippen LogP contribution in [0, 0.1) is 5.82 Å². The number of carbonyl (C=O) groups excluding carboxylic acids is 2. The molecule has 4 rings (SSSR count). The highest BCUT2D eigenvalue weighted by Gasteiger charge is 2.30. The van der Waals surface area contributed by atoms with Crippen molar-refractivity contribution in [3.8, 4) is 0 Å². The summed E-state index contributed by atoms with van der Waals surface area (Å²) in [7, 11) is 0. The number of fused-ring (bicyclic) bond motifs is 2. The van der Waals surface area contributed by atoms with Crippen LogP contribution < -0.4 is 10.6 Å². The Hall–Kier alpha value is -2.93. The summed E-state index contributed by atoms with van der Waals surface area (Å²) in [5.41, 5.74) is 2.32. The van der Waals surface area contributed by atoms with Crippen LogP contribution in [0.2, 0.25) is 5.02 Å². The van der Waals surface area contributed by atoms with Crippen LogP contribution in [0.15, 0.2) is 42.7 Å². The average molecular weight is 373 g/mol. The van der Waals surface area contributed by atoms with E-state index in [9.17, 15) is 14.0 Å². The Morgan fingerprint density at radius 1 is 1.35 bits per heavy atom. The van der Waals surface area contributed by atoms with Crippen molar-refractivity contribution in [2.45, 2.75) is 18.9 Å². The van der Waals surface area contributed by atoms with Crippen molar-refractivity contribution in [3.05, 3.63) is 64.8 Å². The smallest absolute Gasteiger partial charge is 0.228 e. The molecular formula is C18H14ClFN4O2. The van der Waals surface area contributed by atoms with Crippen molar-refractivity contribution in [2.24, 2.45) is 0 Å². The molecule has 1 aliphatic rings. The number of carbonyl (C=O) groups is 2. The maximum Gasteiger partial charge on any atom is 0.228 e. The number of nitrogens with one attached hydrogen (secondary N) is 2. The first-order valence-electron chi connectivity index (χ1n) is 8.00. The van der Waals surface area contributed by atoms with Gasteiger partial charge in [0.25, 0.3) is 0 Å². The molecule has 3 aromatic rings. The highest BCUT2D eigenvalue weighted by Crippen LogP contribution is 2.32. The van der Waals surface area contributed by atoms with Gasteiger partial charge in [-0.15, -0.1) is 0 Å². The van der Waals surface area contributed by atoms with Gasteiger partial charge in [0.15, 0.2) is 0 Å². The third-order valence-electron chi connectivity index (χ3n) is 4.28. The van der Waals surface area contributed by atoms with Gasteiger partial charge in [0.2, 0.25) is 11.8 Å². The number of benzene rings is 1. The molecule has 0 unspecified atom stereocenters. The molecule has 0 saturated heterocycles. The van der Waals surface area contributed by atoms with E-state index >= 15 is 0 Å². The summed E-state index contributed by atoms with van der Waals surface area (Å²) in [5.74, 6) is -1.74. The van der Waals surface area contributed by atoms with E-state index in [4.69, 9.17) is 11.6 Å². The SMILES string of the molecule is O=C1C[C@@H](C(=O)NCc2cn3cc(Cl)ccc3n2)c2ccc(F)cc2N1. The molecule has 0 fully saturated rings. The third kappa shape index (κ3) is 3.13. The topological polar surface area (TPSA) is 75.5 Å². The van der Waals surface area contributed by atoms with Gasteiger partial charge in [0, 0.05) is 24.5 Å². The Bertz CT molecular complexity index is 1030. The van der Waals surface area contributed by atoms with Gasteiger partial charge in [-0.2, -0.15) is 0 Å². The fraction of sp³-hybridized carbons (Fsp3) is 0.167. The summed E-state index contributed by atoms with van der Waals surface area (Å²) in [6, 6.07) is 7.55. The molecule has 0 spiro atoms. The number of imidazole rings is 1. The van der Waals surface area contributed by atoms with Gasteiger partial charge in [-0.3, -0.25) is 9.59 Å². The number of hydrogen-bond acceptors (Lipinski definition) is 3. The van der Waals surface area contributed by atoms with Gasteiger partial charge in [0.05, 0.1) is 23.2 Å². The summed E-state index contributed by atoms with van der Waals surface area (Å²) in [5, 5.41) is 5.98. The summed E-state index contributed by atoms with van der Waals surface area (Å²) >= 11 is 5.95. The normalized spacial score (nSPS) is 16.2. The molecule has 0 saturated carbocycles. The van der Waals surface area contributed by atoms with E-state index in [0.717, 1.165) is 5.65 Å². The van der Waals surface area contributed by atoms with Gasteiger partial charge in [-0.1, -0.05) is 17.7 Å². The van der Waals surface area contributed by atoms with Crippen molar-refractivity contribution < 1.29 is 14.0 Å². The second-order valence-electron chi connectivity index (χ2n) is 6.10. The Kier molecular flexibility index (Phi) is 4.08. The molecule has 0 aliphatic carbocycles. The molecule has 1 aliphatic heterocycles. The zero-order valence-electron chi connectivity index (χ0n) is 13.5. The van der Waals surface area contributed by atoms with Crippen molar-refractivity contribution in [1.29, 1.82) is 0 Å². The molecule has 26 heavy (non-hydrogen) atoms. The van der Waals surface area contributed by atoms with Crippen LogP contribution in [-0.2, 0) is 16.1 Å². The van der Waals surface area contributed by atoms with Gasteiger partial charge in [-0.25, -0.2) is 9.37 Å². The first-order valence-corrected chi connectivity index (χ1v) is 8.37. The van der Waals surface area contributed by atoms with E-state index in [-0.39, 0.29) is 24.8 Å². The Morgan fingerprint density at radius 3 is 3.04 bits per heavy atom. The molecule has 1 atom stereocenters. The zero-order valence-corrected chi connectivity index (χ0v) is 14.3. The number of rotatable bonds is 3. The van der Waals surface area contributed by atoms with Gasteiger partial charge in [-0.05, 0) is 29.8 Å². The molecule has 0 bridgehead atoms. The monoisotopic (exact) mass is 372 g/mol. The van der Waals surface area contributed by atoms with E-state index in [1.807, 2.05) is 0 Å². The molecule has 0 radical (unpaired) electrons. The third-order valence-corrected chi connectivity index (χ3v) is 4.50. The minimum atomic E-state index is -0.661. The number of hydrogen-bond donors (Lipinski definition) is 2. The van der Waals surface area contributed by atoms with Crippen molar-refractivity contribution >= 4 is 34.7 Å². The highest BCUT2D eigenvalue weighted by molar-refractivity contribution is 6.30. The number of halogens is 2. The van der Waals surface area contributed by atoms with Crippen LogP contribution >= 0.6 is 11.6 Å². The molecule has 1 aromatic carbocycles. The lowest BCUT2D eigenvalue weighted by Gasteiger charge is -2.24. The fourth-order valence-electron chi connectivity index (χ4n) is 3.07. The highest BCUT2D eigenvalue weighted by atomic mass is 35.5. The van der Waals surface area contributed by atoms with Crippen LogP contribution in [0.4, 0.5) is 10.1 Å². The standard InChI is InChI=1S/C18H14ClFN4O2/c19-10-1-4-16-22-12(9-24(16)8-10)7-21-18(26)14-6-17(25)23-15-5-11(20)2-3-13(14)15/h1-5,8-9,14H,6-7H2,(H,21,26)(H,23,25)/t14-/m1/s1. The summed E-state index contributed by atoms with van der Waals surface area (Å²) < 4.78 is 15.2. The predicted molar refractivity (Wildman–Crippen MR) is 94.4 cm³/mol. The average Bonchev–Trinajstić information content (AvgIpc) is 3.00. The van der Waals surface area contributed by atoms with Crippen molar-refractivity contribution in [2.75, 3.05) is 5.32 Å². The number of aromatic nitrogens is 2. The van der Waals surface area contributed by atoms with Crippen LogP contribution in [-0.4, -0.2) is 21.2 Å². The van der Waals surface area contributed by atoms with Gasteiger partial charge < -0.3 is 15.0 Å². The van der Waals surface area contributed by atoms with Crippen LogP contribution in [0.1, 0.15) is 23.6 Å². The van der Waals surface area contributed by atoms with E-state index in [1.165, 1.54) is 18.2 Å². The molecule has 8 heteroatoms. The maximum atomic E-state index is 13.4. The lowest BCUT2D eigenvalue weighted by Crippen LogP contribution is -2.34. The number of anilines is 1. The number of amides is 2. The van der Waals surface area contributed by atoms with Crippen molar-refractivity contribution in [3.63, 3.8) is 0 Å². The second kappa shape index (κ2) is 6.42. The minimum Gasteiger partial charge on any atom is -0.350 e. The summed E-state index contributed by atoms with van der Waals surface area (Å²) in [4.78, 5) is 28.8. The molecule has 2 aromatic heterocycles. The largest absolute Gasteiger partial charge is 0.350 e. The van der Waals surface area contributed by atoms with E-state index in [1.54, 1.807) is 28.9 Å². The zero-order chi connectivity index (χ0) is 18.3. The Labute approximate surface area is 153 Å². The number of nitrogens with zero attached hydrogens (tertiary/aromatic N) is 2. The lowest BCUT2D eigenvalue weighted by molar-refractivity contribution is -0.126. The fourth-order valence-corrected chi connectivity index (χ4v) is 3.24. The Balaban J connectivity index is 1.52. The van der Waals surface area contributed by atoms with Crippen LogP contribution in [0.5, 0.6) is 0 Å². The molecular weight excluding hydrogens is 359 g/mol. The first-order chi connectivity index (χ1) is 12.5. The second-order valence-corrected chi connectivity index (χ2v) is 6.54. The predicted octanol–water partition coefficient (Wildman–Crippen LogP) is 2.87. The minimum absolute atomic E-state index is 0.0191. The van der Waals surface area contributed by atoms with Gasteiger partial charge >= 0.3 is 0 Å². The van der Waals surface area contributed by atoms with Crippen LogP contribution in [0.3, 0.4) is 0 Å². The molecule has 2 N–H and O–H groups in total. The van der Waals surface area contributed by atoms with Gasteiger partial charge in [0.1, 0.15) is 11.5 Å². The van der Waals surface area contributed by atoms with E-state index in [2.05, 4.69) is 15.6 Å². The molecule has 3 heterocycles. The Morgan fingerprint density at radius 2 is 2.19 bits per heavy atom. The lowest BCUT2D eigenvalue weighted by atomic mass is 9.89. The number of pyridine rings is 1. The maximum absolute atomic E-state index is 13.4. The summed E-state index contributed by atoms with van der Waals surface area (Å²) in [6.45, 7) is 0.215. The summed E-state index contributed by atoms with van der Waals surface area (Å²) in [6.07, 6.45) is 3.52. The molecule has 132 valence electrons. The van der Waals surface area contributed by atoms with Crippen molar-refractivity contribution in [1.82, 2.24) is 14.7 Å². The first kappa shape index (κ1) is 16.5. The van der Waals surface area contributed by atoms with E-state index in [0.29, 0.717) is 22.0 Å². The quantitative estimate of drug-likeness (QED) is 0.742. The van der Waals surface area contributed by atoms with E-state index < -0.39 is 11.7 Å². The molecule has 2 amide bonds. The van der Waals surface area contributed by atoms with Crippen LogP contribution in [0.25, 0.3) is 5.65 Å². The molecule has 6 nitrogen and oxygen atoms in total.